The largest absolute Gasteiger partial charge is 0.250 e. The number of unbranched alkanes of at least 4 members (excludes halogenated alkanes) is 7. The molecule has 0 radical (unpaired) electrons. The highest BCUT2D eigenvalue weighted by Gasteiger charge is 2.14. The van der Waals surface area contributed by atoms with E-state index in [1.807, 2.05) is 12.3 Å². The fourth-order valence-electron chi connectivity index (χ4n) is 2.81. The molecule has 114 valence electrons. The molecule has 1 aromatic rings. The first kappa shape index (κ1) is 17.0. The summed E-state index contributed by atoms with van der Waals surface area (Å²) in [5, 5.41) is 0. The van der Waals surface area contributed by atoms with Crippen LogP contribution in [0.5, 0.6) is 0 Å². The number of H-pyrrole nitrogens is 1. The lowest BCUT2D eigenvalue weighted by Crippen LogP contribution is -2.37. The van der Waals surface area contributed by atoms with Crippen molar-refractivity contribution in [3.8, 4) is 0 Å². The maximum absolute atomic E-state index is 3.82. The van der Waals surface area contributed by atoms with Crippen LogP contribution in [0.2, 0.25) is 0 Å². The number of aromatic nitrogens is 2. The Morgan fingerprint density at radius 1 is 1.05 bits per heavy atom. The quantitative estimate of drug-likeness (QED) is 0.285. The van der Waals surface area contributed by atoms with Crippen molar-refractivity contribution in [3.05, 3.63) is 31.4 Å². The van der Waals surface area contributed by atoms with E-state index in [1.54, 1.807) is 0 Å². The smallest absolute Gasteiger partial charge is 0.241 e. The van der Waals surface area contributed by atoms with Crippen molar-refractivity contribution in [1.82, 2.24) is 4.98 Å². The molecule has 20 heavy (non-hydrogen) atoms. The van der Waals surface area contributed by atoms with E-state index in [0.717, 1.165) is 6.42 Å². The standard InChI is InChI=1S/C18H32N2/c1-3-5-7-8-9-10-12-14-18(13-11-6-4-2)20-16-15-19-17-20/h4,15-18H,2-3,5-14H2,1H3/p+1. The number of hydrogen-bond donors (Lipinski definition) is 1. The van der Waals surface area contributed by atoms with Gasteiger partial charge in [0.2, 0.25) is 6.33 Å². The fourth-order valence-corrected chi connectivity index (χ4v) is 2.81. The molecule has 2 heteroatoms. The van der Waals surface area contributed by atoms with Gasteiger partial charge in [-0.25, -0.2) is 4.57 Å². The third-order valence-electron chi connectivity index (χ3n) is 4.07. The highest BCUT2D eigenvalue weighted by atomic mass is 15.0. The van der Waals surface area contributed by atoms with Gasteiger partial charge in [0.05, 0.1) is 0 Å². The molecule has 0 aliphatic heterocycles. The summed E-state index contributed by atoms with van der Waals surface area (Å²) < 4.78 is 2.35. The minimum Gasteiger partial charge on any atom is -0.250 e. The Morgan fingerprint density at radius 3 is 2.40 bits per heavy atom. The number of nitrogens with one attached hydrogen (secondary N) is 1. The SMILES string of the molecule is C=CCCCC(CCCCCCCCC)[n+]1cc[nH]c1. The summed E-state index contributed by atoms with van der Waals surface area (Å²) in [4.78, 5) is 3.17. The average Bonchev–Trinajstić information content (AvgIpc) is 2.98. The van der Waals surface area contributed by atoms with Crippen LogP contribution in [0.25, 0.3) is 0 Å². The molecular weight excluding hydrogens is 244 g/mol. The molecule has 0 saturated heterocycles. The van der Waals surface area contributed by atoms with Gasteiger partial charge in [-0.15, -0.1) is 6.58 Å². The molecular formula is C18H33N2+. The summed E-state index contributed by atoms with van der Waals surface area (Å²) >= 11 is 0. The molecule has 0 bridgehead atoms. The van der Waals surface area contributed by atoms with Crippen LogP contribution in [0.1, 0.15) is 83.6 Å². The molecule has 1 aromatic heterocycles. The van der Waals surface area contributed by atoms with Crippen LogP contribution < -0.4 is 4.57 Å². The van der Waals surface area contributed by atoms with Gasteiger partial charge in [0.15, 0.2) is 0 Å². The summed E-state index contributed by atoms with van der Waals surface area (Å²) in [6, 6.07) is 0.664. The maximum Gasteiger partial charge on any atom is 0.241 e. The number of imidazole rings is 1. The van der Waals surface area contributed by atoms with E-state index in [0.29, 0.717) is 6.04 Å². The summed E-state index contributed by atoms with van der Waals surface area (Å²) in [5.74, 6) is 0. The Balaban J connectivity index is 2.18. The zero-order valence-corrected chi connectivity index (χ0v) is 13.3. The van der Waals surface area contributed by atoms with Gasteiger partial charge in [0.25, 0.3) is 0 Å². The number of nitrogens with zero attached hydrogens (tertiary/aromatic N) is 1. The fraction of sp³-hybridized carbons (Fsp3) is 0.722. The summed E-state index contributed by atoms with van der Waals surface area (Å²) in [7, 11) is 0. The Kier molecular flexibility index (Phi) is 9.99. The van der Waals surface area contributed by atoms with Crippen molar-refractivity contribution in [3.63, 3.8) is 0 Å². The Labute approximate surface area is 125 Å². The minimum atomic E-state index is 0.664. The molecule has 0 aliphatic rings. The predicted octanol–water partition coefficient (Wildman–Crippen LogP) is 5.34. The molecule has 2 nitrogen and oxygen atoms in total. The normalized spacial score (nSPS) is 12.4. The van der Waals surface area contributed by atoms with E-state index in [2.05, 4.69) is 35.6 Å². The van der Waals surface area contributed by atoms with E-state index in [9.17, 15) is 0 Å². The summed E-state index contributed by atoms with van der Waals surface area (Å²) in [5.41, 5.74) is 0. The maximum atomic E-state index is 3.82. The van der Waals surface area contributed by atoms with Gasteiger partial charge in [-0.3, -0.25) is 4.98 Å². The number of aromatic amines is 1. The minimum absolute atomic E-state index is 0.664. The molecule has 0 aliphatic carbocycles. The zero-order valence-electron chi connectivity index (χ0n) is 13.3. The van der Waals surface area contributed by atoms with Crippen LogP contribution in [0.4, 0.5) is 0 Å². The van der Waals surface area contributed by atoms with Gasteiger partial charge in [-0.2, -0.15) is 0 Å². The lowest BCUT2D eigenvalue weighted by atomic mass is 10.0. The van der Waals surface area contributed by atoms with E-state index in [1.165, 1.54) is 64.2 Å². The second kappa shape index (κ2) is 11.7. The molecule has 0 spiro atoms. The molecule has 1 unspecified atom stereocenters. The van der Waals surface area contributed by atoms with Crippen molar-refractivity contribution in [2.24, 2.45) is 0 Å². The van der Waals surface area contributed by atoms with E-state index >= 15 is 0 Å². The lowest BCUT2D eigenvalue weighted by Gasteiger charge is -2.13. The molecule has 1 heterocycles. The molecule has 1 atom stereocenters. The molecule has 0 aromatic carbocycles. The Morgan fingerprint density at radius 2 is 1.75 bits per heavy atom. The Hall–Kier alpha value is -1.05. The Bertz CT molecular complexity index is 316. The third-order valence-corrected chi connectivity index (χ3v) is 4.07. The van der Waals surface area contributed by atoms with Crippen LogP contribution in [-0.2, 0) is 0 Å². The van der Waals surface area contributed by atoms with Crippen molar-refractivity contribution in [2.75, 3.05) is 0 Å². The first-order valence-corrected chi connectivity index (χ1v) is 8.53. The van der Waals surface area contributed by atoms with Gasteiger partial charge >= 0.3 is 0 Å². The second-order valence-corrected chi connectivity index (χ2v) is 5.84. The van der Waals surface area contributed by atoms with Gasteiger partial charge < -0.3 is 0 Å². The third kappa shape index (κ3) is 7.52. The van der Waals surface area contributed by atoms with Crippen LogP contribution in [0, 0.1) is 0 Å². The second-order valence-electron chi connectivity index (χ2n) is 5.84. The van der Waals surface area contributed by atoms with Gasteiger partial charge in [-0.1, -0.05) is 51.5 Å². The summed E-state index contributed by atoms with van der Waals surface area (Å²) in [6.07, 6.45) is 23.1. The lowest BCUT2D eigenvalue weighted by molar-refractivity contribution is -0.723. The van der Waals surface area contributed by atoms with Gasteiger partial charge in [0, 0.05) is 0 Å². The van der Waals surface area contributed by atoms with Crippen molar-refractivity contribution in [1.29, 1.82) is 0 Å². The first-order chi connectivity index (χ1) is 9.88. The monoisotopic (exact) mass is 277 g/mol. The molecule has 0 saturated carbocycles. The number of hydrogen-bond acceptors (Lipinski definition) is 0. The molecule has 1 rings (SSSR count). The van der Waals surface area contributed by atoms with Crippen LogP contribution >= 0.6 is 0 Å². The average molecular weight is 277 g/mol. The zero-order chi connectivity index (χ0) is 14.5. The van der Waals surface area contributed by atoms with E-state index < -0.39 is 0 Å². The van der Waals surface area contributed by atoms with Crippen molar-refractivity contribution < 1.29 is 4.57 Å². The van der Waals surface area contributed by atoms with Gasteiger partial charge in [0.1, 0.15) is 18.4 Å². The topological polar surface area (TPSA) is 19.7 Å². The van der Waals surface area contributed by atoms with Crippen molar-refractivity contribution >= 4 is 0 Å². The van der Waals surface area contributed by atoms with Crippen LogP contribution in [-0.4, -0.2) is 4.98 Å². The van der Waals surface area contributed by atoms with Crippen LogP contribution in [0.15, 0.2) is 31.4 Å². The van der Waals surface area contributed by atoms with Gasteiger partial charge in [-0.05, 0) is 32.1 Å². The number of allylic oxidation sites excluding steroid dienone is 1. The molecule has 0 fully saturated rings. The van der Waals surface area contributed by atoms with E-state index in [-0.39, 0.29) is 0 Å². The molecule has 1 N–H and O–H groups in total. The predicted molar refractivity (Wildman–Crippen MR) is 86.7 cm³/mol. The van der Waals surface area contributed by atoms with Crippen LogP contribution in [0.3, 0.4) is 0 Å². The summed E-state index contributed by atoms with van der Waals surface area (Å²) in [6.45, 7) is 6.10. The number of rotatable bonds is 13. The highest BCUT2D eigenvalue weighted by Crippen LogP contribution is 2.18. The van der Waals surface area contributed by atoms with Crippen molar-refractivity contribution in [2.45, 2.75) is 83.6 Å². The first-order valence-electron chi connectivity index (χ1n) is 8.53. The highest BCUT2D eigenvalue weighted by molar-refractivity contribution is 4.67. The molecule has 0 amide bonds. The van der Waals surface area contributed by atoms with E-state index in [4.69, 9.17) is 0 Å².